The van der Waals surface area contributed by atoms with E-state index >= 15 is 0 Å². The standard InChI is InChI=1S/C19H28N6OS/c1-3-4-13-5-6-15-16(11-13)27-19(21-15)22-18(26)17-12(2)25(24-23-17)14-7-9-20-10-8-14/h13-14,20H,3-11H2,1-2H3,(H,21,22,26). The Morgan fingerprint density at radius 1 is 1.33 bits per heavy atom. The molecule has 3 heterocycles. The Bertz CT molecular complexity index is 807. The molecule has 1 saturated heterocycles. The van der Waals surface area contributed by atoms with Crippen LogP contribution in [-0.2, 0) is 12.8 Å². The highest BCUT2D eigenvalue weighted by molar-refractivity contribution is 7.15. The van der Waals surface area contributed by atoms with Gasteiger partial charge in [-0.2, -0.15) is 0 Å². The molecule has 0 spiro atoms. The van der Waals surface area contributed by atoms with E-state index in [4.69, 9.17) is 0 Å². The number of hydrogen-bond donors (Lipinski definition) is 2. The second-order valence-electron chi connectivity index (χ2n) is 7.69. The van der Waals surface area contributed by atoms with Crippen molar-refractivity contribution < 1.29 is 4.79 Å². The maximum absolute atomic E-state index is 12.7. The molecule has 27 heavy (non-hydrogen) atoms. The summed E-state index contributed by atoms with van der Waals surface area (Å²) >= 11 is 1.62. The van der Waals surface area contributed by atoms with Gasteiger partial charge in [-0.05, 0) is 58.0 Å². The van der Waals surface area contributed by atoms with E-state index in [1.54, 1.807) is 11.3 Å². The molecular formula is C19H28N6OS. The molecule has 2 N–H and O–H groups in total. The van der Waals surface area contributed by atoms with Crippen molar-refractivity contribution in [2.24, 2.45) is 5.92 Å². The Morgan fingerprint density at radius 2 is 2.15 bits per heavy atom. The Labute approximate surface area is 164 Å². The molecular weight excluding hydrogens is 360 g/mol. The first-order chi connectivity index (χ1) is 13.2. The van der Waals surface area contributed by atoms with Crippen LogP contribution in [0, 0.1) is 12.8 Å². The van der Waals surface area contributed by atoms with Gasteiger partial charge in [-0.25, -0.2) is 9.67 Å². The van der Waals surface area contributed by atoms with Crippen LogP contribution in [0.2, 0.25) is 0 Å². The molecule has 7 nitrogen and oxygen atoms in total. The molecule has 1 amide bonds. The van der Waals surface area contributed by atoms with Crippen LogP contribution < -0.4 is 10.6 Å². The lowest BCUT2D eigenvalue weighted by molar-refractivity contribution is 0.102. The SMILES string of the molecule is CCCC1CCc2nc(NC(=O)c3nnn(C4CCNCC4)c3C)sc2C1. The van der Waals surface area contributed by atoms with Crippen molar-refractivity contribution in [2.45, 2.75) is 64.8 Å². The molecule has 0 radical (unpaired) electrons. The van der Waals surface area contributed by atoms with Crippen LogP contribution in [-0.4, -0.2) is 39.0 Å². The summed E-state index contributed by atoms with van der Waals surface area (Å²) in [5.74, 6) is 0.558. The predicted molar refractivity (Wildman–Crippen MR) is 106 cm³/mol. The van der Waals surface area contributed by atoms with Gasteiger partial charge in [-0.3, -0.25) is 10.1 Å². The lowest BCUT2D eigenvalue weighted by Crippen LogP contribution is -2.30. The van der Waals surface area contributed by atoms with Gasteiger partial charge in [0.15, 0.2) is 10.8 Å². The number of hydrogen-bond acceptors (Lipinski definition) is 6. The van der Waals surface area contributed by atoms with E-state index in [9.17, 15) is 4.79 Å². The van der Waals surface area contributed by atoms with Crippen LogP contribution >= 0.6 is 11.3 Å². The molecule has 2 aromatic rings. The summed E-state index contributed by atoms with van der Waals surface area (Å²) in [6, 6.07) is 0.322. The minimum Gasteiger partial charge on any atom is -0.317 e. The van der Waals surface area contributed by atoms with E-state index in [2.05, 4.69) is 32.9 Å². The molecule has 2 aromatic heterocycles. The monoisotopic (exact) mass is 388 g/mol. The van der Waals surface area contributed by atoms with Crippen LogP contribution in [0.15, 0.2) is 0 Å². The number of rotatable bonds is 5. The van der Waals surface area contributed by atoms with Crippen molar-refractivity contribution in [3.8, 4) is 0 Å². The number of nitrogens with zero attached hydrogens (tertiary/aromatic N) is 4. The Balaban J connectivity index is 1.45. The Kier molecular flexibility index (Phi) is 5.54. The molecule has 1 fully saturated rings. The Hall–Kier alpha value is -1.80. The van der Waals surface area contributed by atoms with Crippen LogP contribution in [0.4, 0.5) is 5.13 Å². The van der Waals surface area contributed by atoms with Crippen molar-refractivity contribution >= 4 is 22.4 Å². The summed E-state index contributed by atoms with van der Waals surface area (Å²) in [6.45, 7) is 6.14. The molecule has 146 valence electrons. The average Bonchev–Trinajstić information content (AvgIpc) is 3.25. The summed E-state index contributed by atoms with van der Waals surface area (Å²) in [5, 5.41) is 15.4. The quantitative estimate of drug-likeness (QED) is 0.822. The molecule has 2 aliphatic rings. The fourth-order valence-electron chi connectivity index (χ4n) is 4.26. The fraction of sp³-hybridized carbons (Fsp3) is 0.684. The molecule has 8 heteroatoms. The number of aromatic nitrogens is 4. The average molecular weight is 389 g/mol. The molecule has 1 unspecified atom stereocenters. The van der Waals surface area contributed by atoms with Crippen molar-refractivity contribution in [3.05, 3.63) is 22.0 Å². The summed E-state index contributed by atoms with van der Waals surface area (Å²) in [6.07, 6.45) is 7.87. The van der Waals surface area contributed by atoms with Gasteiger partial charge in [0.1, 0.15) is 0 Å². The number of carbonyl (C=O) groups excluding carboxylic acids is 1. The van der Waals surface area contributed by atoms with Crippen molar-refractivity contribution in [1.82, 2.24) is 25.3 Å². The van der Waals surface area contributed by atoms with Crippen LogP contribution in [0.1, 0.15) is 71.8 Å². The topological polar surface area (TPSA) is 84.7 Å². The second-order valence-corrected chi connectivity index (χ2v) is 8.77. The highest BCUT2D eigenvalue weighted by Gasteiger charge is 2.25. The predicted octanol–water partition coefficient (Wildman–Crippen LogP) is 3.12. The molecule has 0 saturated carbocycles. The van der Waals surface area contributed by atoms with E-state index in [1.165, 1.54) is 24.1 Å². The number of nitrogens with one attached hydrogen (secondary N) is 2. The highest BCUT2D eigenvalue weighted by Crippen LogP contribution is 2.34. The van der Waals surface area contributed by atoms with Crippen LogP contribution in [0.25, 0.3) is 0 Å². The second kappa shape index (κ2) is 8.06. The number of aryl methyl sites for hydroxylation is 1. The van der Waals surface area contributed by atoms with Crippen molar-refractivity contribution in [1.29, 1.82) is 0 Å². The van der Waals surface area contributed by atoms with Gasteiger partial charge in [0.25, 0.3) is 5.91 Å². The van der Waals surface area contributed by atoms with Gasteiger partial charge >= 0.3 is 0 Å². The number of fused-ring (bicyclic) bond motifs is 1. The van der Waals surface area contributed by atoms with E-state index in [1.807, 2.05) is 11.6 Å². The number of amides is 1. The zero-order valence-corrected chi connectivity index (χ0v) is 16.9. The number of thiazole rings is 1. The maximum atomic E-state index is 12.7. The minimum absolute atomic E-state index is 0.205. The summed E-state index contributed by atoms with van der Waals surface area (Å²) in [5.41, 5.74) is 2.41. The van der Waals surface area contributed by atoms with E-state index in [0.717, 1.165) is 56.1 Å². The molecule has 4 rings (SSSR count). The minimum atomic E-state index is -0.205. The van der Waals surface area contributed by atoms with Crippen molar-refractivity contribution in [2.75, 3.05) is 18.4 Å². The molecule has 1 atom stereocenters. The van der Waals surface area contributed by atoms with E-state index < -0.39 is 0 Å². The largest absolute Gasteiger partial charge is 0.317 e. The third kappa shape index (κ3) is 3.91. The number of piperidine rings is 1. The fourth-order valence-corrected chi connectivity index (χ4v) is 5.37. The van der Waals surface area contributed by atoms with Gasteiger partial charge in [-0.15, -0.1) is 16.4 Å². The van der Waals surface area contributed by atoms with Crippen molar-refractivity contribution in [3.63, 3.8) is 0 Å². The zero-order valence-electron chi connectivity index (χ0n) is 16.1. The number of anilines is 1. The molecule has 1 aliphatic carbocycles. The highest BCUT2D eigenvalue weighted by atomic mass is 32.1. The first-order valence-electron chi connectivity index (χ1n) is 10.1. The van der Waals surface area contributed by atoms with E-state index in [0.29, 0.717) is 16.9 Å². The molecule has 0 aromatic carbocycles. The first-order valence-corrected chi connectivity index (χ1v) is 10.9. The van der Waals surface area contributed by atoms with Gasteiger partial charge in [0, 0.05) is 4.88 Å². The lowest BCUT2D eigenvalue weighted by Gasteiger charge is -2.23. The van der Waals surface area contributed by atoms with Crippen LogP contribution in [0.3, 0.4) is 0 Å². The summed E-state index contributed by atoms with van der Waals surface area (Å²) in [4.78, 5) is 18.7. The zero-order chi connectivity index (χ0) is 18.8. The van der Waals surface area contributed by atoms with Gasteiger partial charge in [0.05, 0.1) is 17.4 Å². The molecule has 0 bridgehead atoms. The van der Waals surface area contributed by atoms with Crippen LogP contribution in [0.5, 0.6) is 0 Å². The third-order valence-electron chi connectivity index (χ3n) is 5.76. The smallest absolute Gasteiger partial charge is 0.279 e. The van der Waals surface area contributed by atoms with E-state index in [-0.39, 0.29) is 5.91 Å². The summed E-state index contributed by atoms with van der Waals surface area (Å²) in [7, 11) is 0. The lowest BCUT2D eigenvalue weighted by atomic mass is 9.88. The third-order valence-corrected chi connectivity index (χ3v) is 6.79. The first kappa shape index (κ1) is 18.6. The molecule has 1 aliphatic heterocycles. The number of carbonyl (C=O) groups is 1. The maximum Gasteiger partial charge on any atom is 0.279 e. The Morgan fingerprint density at radius 3 is 2.93 bits per heavy atom. The van der Waals surface area contributed by atoms with Gasteiger partial charge < -0.3 is 5.32 Å². The normalized spacial score (nSPS) is 20.4. The summed E-state index contributed by atoms with van der Waals surface area (Å²) < 4.78 is 1.91. The van der Waals surface area contributed by atoms with Gasteiger partial charge in [0.2, 0.25) is 0 Å². The van der Waals surface area contributed by atoms with Gasteiger partial charge in [-0.1, -0.05) is 25.0 Å².